The Morgan fingerprint density at radius 3 is 2.30 bits per heavy atom. The summed E-state index contributed by atoms with van der Waals surface area (Å²) in [6, 6.07) is 0. The Hall–Kier alpha value is -0.0500. The first-order valence-corrected chi connectivity index (χ1v) is 4.74. The highest BCUT2D eigenvalue weighted by molar-refractivity contribution is 9.09. The third-order valence-electron chi connectivity index (χ3n) is 1.31. The molecule has 2 N–H and O–H groups in total. The number of hydrogen-bond donors (Lipinski definition) is 1. The predicted molar refractivity (Wildman–Crippen MR) is 46.1 cm³/mol. The van der Waals surface area contributed by atoms with Crippen LogP contribution in [0.2, 0.25) is 0 Å². The number of halogens is 1. The molecular formula is C7H14BrNO. The normalized spacial score (nSPS) is 9.70. The van der Waals surface area contributed by atoms with Gasteiger partial charge in [-0.05, 0) is 12.8 Å². The molecule has 1 amide bonds. The minimum Gasteiger partial charge on any atom is -0.370 e. The highest BCUT2D eigenvalue weighted by Crippen LogP contribution is 2.03. The minimum absolute atomic E-state index is 0.182. The van der Waals surface area contributed by atoms with E-state index in [1.165, 1.54) is 12.8 Å². The van der Waals surface area contributed by atoms with E-state index in [0.29, 0.717) is 6.42 Å². The second kappa shape index (κ2) is 7.06. The van der Waals surface area contributed by atoms with Crippen molar-refractivity contribution in [1.29, 1.82) is 0 Å². The number of alkyl halides is 1. The van der Waals surface area contributed by atoms with Crippen molar-refractivity contribution >= 4 is 21.8 Å². The number of carbonyl (C=O) groups is 1. The van der Waals surface area contributed by atoms with Gasteiger partial charge < -0.3 is 5.73 Å². The van der Waals surface area contributed by atoms with Crippen LogP contribution >= 0.6 is 15.9 Å². The number of rotatable bonds is 6. The fourth-order valence-corrected chi connectivity index (χ4v) is 1.14. The molecule has 0 rings (SSSR count). The Morgan fingerprint density at radius 2 is 1.80 bits per heavy atom. The Labute approximate surface area is 70.3 Å². The van der Waals surface area contributed by atoms with E-state index in [2.05, 4.69) is 15.9 Å². The zero-order chi connectivity index (χ0) is 7.82. The molecule has 0 bridgehead atoms. The van der Waals surface area contributed by atoms with E-state index in [4.69, 9.17) is 5.73 Å². The summed E-state index contributed by atoms with van der Waals surface area (Å²) in [5.74, 6) is -0.182. The maximum atomic E-state index is 10.2. The van der Waals surface area contributed by atoms with Gasteiger partial charge in [0.2, 0.25) is 5.91 Å². The van der Waals surface area contributed by atoms with E-state index in [1.54, 1.807) is 0 Å². The Morgan fingerprint density at radius 1 is 1.20 bits per heavy atom. The standard InChI is InChI=1S/C7H14BrNO/c8-6-4-2-1-3-5-7(9)10/h1-6H2,(H2,9,10). The van der Waals surface area contributed by atoms with Gasteiger partial charge in [0.15, 0.2) is 0 Å². The quantitative estimate of drug-likeness (QED) is 0.525. The number of hydrogen-bond acceptors (Lipinski definition) is 1. The van der Waals surface area contributed by atoms with Crippen LogP contribution in [0.1, 0.15) is 32.1 Å². The molecule has 0 unspecified atom stereocenters. The first-order chi connectivity index (χ1) is 4.77. The van der Waals surface area contributed by atoms with Gasteiger partial charge in [0.05, 0.1) is 0 Å². The van der Waals surface area contributed by atoms with Crippen LogP contribution in [0.3, 0.4) is 0 Å². The molecule has 0 saturated carbocycles. The van der Waals surface area contributed by atoms with Gasteiger partial charge in [-0.3, -0.25) is 4.79 Å². The van der Waals surface area contributed by atoms with E-state index < -0.39 is 0 Å². The van der Waals surface area contributed by atoms with Crippen LogP contribution < -0.4 is 5.73 Å². The molecule has 3 heteroatoms. The van der Waals surface area contributed by atoms with Gasteiger partial charge in [-0.15, -0.1) is 0 Å². The van der Waals surface area contributed by atoms with E-state index in [0.717, 1.165) is 18.2 Å². The molecule has 0 fully saturated rings. The Balaban J connectivity index is 2.84. The van der Waals surface area contributed by atoms with Gasteiger partial charge in [-0.1, -0.05) is 28.8 Å². The molecule has 0 aromatic carbocycles. The van der Waals surface area contributed by atoms with Crippen molar-refractivity contribution in [2.24, 2.45) is 5.73 Å². The van der Waals surface area contributed by atoms with Gasteiger partial charge in [0.1, 0.15) is 0 Å². The summed E-state index contributed by atoms with van der Waals surface area (Å²) in [7, 11) is 0. The first-order valence-electron chi connectivity index (χ1n) is 3.61. The molecule has 0 radical (unpaired) electrons. The molecule has 0 aromatic heterocycles. The second-order valence-corrected chi connectivity index (χ2v) is 3.11. The second-order valence-electron chi connectivity index (χ2n) is 2.32. The molecule has 0 aromatic rings. The average molecular weight is 208 g/mol. The van der Waals surface area contributed by atoms with Crippen LogP contribution in [0.25, 0.3) is 0 Å². The van der Waals surface area contributed by atoms with Crippen LogP contribution in [0, 0.1) is 0 Å². The maximum Gasteiger partial charge on any atom is 0.217 e. The lowest BCUT2D eigenvalue weighted by molar-refractivity contribution is -0.118. The third kappa shape index (κ3) is 7.95. The fourth-order valence-electron chi connectivity index (χ4n) is 0.747. The van der Waals surface area contributed by atoms with Crippen molar-refractivity contribution < 1.29 is 4.79 Å². The summed E-state index contributed by atoms with van der Waals surface area (Å²) in [6.07, 6.45) is 5.00. The molecule has 0 aliphatic rings. The Bertz CT molecular complexity index is 95.6. The predicted octanol–water partition coefficient (Wildman–Crippen LogP) is 1.82. The fraction of sp³-hybridized carbons (Fsp3) is 0.857. The third-order valence-corrected chi connectivity index (χ3v) is 1.87. The molecule has 0 aliphatic heterocycles. The lowest BCUT2D eigenvalue weighted by Crippen LogP contribution is -2.09. The van der Waals surface area contributed by atoms with Crippen LogP contribution in [-0.4, -0.2) is 11.2 Å². The van der Waals surface area contributed by atoms with Gasteiger partial charge in [0.25, 0.3) is 0 Å². The van der Waals surface area contributed by atoms with Crippen molar-refractivity contribution in [2.45, 2.75) is 32.1 Å². The maximum absolute atomic E-state index is 10.2. The number of carbonyl (C=O) groups excluding carboxylic acids is 1. The molecule has 0 heterocycles. The smallest absolute Gasteiger partial charge is 0.217 e. The first kappa shape index (κ1) is 9.95. The number of nitrogens with two attached hydrogens (primary N) is 1. The van der Waals surface area contributed by atoms with Crippen molar-refractivity contribution in [1.82, 2.24) is 0 Å². The van der Waals surface area contributed by atoms with Crippen LogP contribution in [0.15, 0.2) is 0 Å². The van der Waals surface area contributed by atoms with E-state index in [-0.39, 0.29) is 5.91 Å². The molecule has 2 nitrogen and oxygen atoms in total. The Kier molecular flexibility index (Phi) is 7.03. The molecule has 60 valence electrons. The van der Waals surface area contributed by atoms with Gasteiger partial charge in [-0.2, -0.15) is 0 Å². The summed E-state index contributed by atoms with van der Waals surface area (Å²) < 4.78 is 0. The zero-order valence-corrected chi connectivity index (χ0v) is 7.69. The number of amides is 1. The van der Waals surface area contributed by atoms with Gasteiger partial charge >= 0.3 is 0 Å². The minimum atomic E-state index is -0.182. The molecule has 0 atom stereocenters. The summed E-state index contributed by atoms with van der Waals surface area (Å²) >= 11 is 3.34. The lowest BCUT2D eigenvalue weighted by Gasteiger charge is -1.95. The summed E-state index contributed by atoms with van der Waals surface area (Å²) in [4.78, 5) is 10.2. The summed E-state index contributed by atoms with van der Waals surface area (Å²) in [5, 5.41) is 1.06. The molecule has 0 aliphatic carbocycles. The van der Waals surface area contributed by atoms with E-state index >= 15 is 0 Å². The van der Waals surface area contributed by atoms with E-state index in [9.17, 15) is 4.79 Å². The van der Waals surface area contributed by atoms with Gasteiger partial charge in [0, 0.05) is 11.8 Å². The van der Waals surface area contributed by atoms with Gasteiger partial charge in [-0.25, -0.2) is 0 Å². The average Bonchev–Trinajstić information content (AvgIpc) is 1.87. The van der Waals surface area contributed by atoms with Crippen LogP contribution in [-0.2, 0) is 4.79 Å². The highest BCUT2D eigenvalue weighted by Gasteiger charge is 1.93. The summed E-state index contributed by atoms with van der Waals surface area (Å²) in [6.45, 7) is 0. The van der Waals surface area contributed by atoms with Crippen LogP contribution in [0.4, 0.5) is 0 Å². The topological polar surface area (TPSA) is 43.1 Å². The van der Waals surface area contributed by atoms with Crippen LogP contribution in [0.5, 0.6) is 0 Å². The van der Waals surface area contributed by atoms with Crippen molar-refractivity contribution in [3.05, 3.63) is 0 Å². The SMILES string of the molecule is NC(=O)CCCCCCBr. The number of primary amides is 1. The monoisotopic (exact) mass is 207 g/mol. The van der Waals surface area contributed by atoms with Crippen molar-refractivity contribution in [3.8, 4) is 0 Å². The van der Waals surface area contributed by atoms with Crippen molar-refractivity contribution in [2.75, 3.05) is 5.33 Å². The number of unbranched alkanes of at least 4 members (excludes halogenated alkanes) is 3. The lowest BCUT2D eigenvalue weighted by atomic mass is 10.1. The molecule has 0 saturated heterocycles. The molecule has 10 heavy (non-hydrogen) atoms. The van der Waals surface area contributed by atoms with Crippen molar-refractivity contribution in [3.63, 3.8) is 0 Å². The molecule has 0 spiro atoms. The molecular weight excluding hydrogens is 194 g/mol. The highest BCUT2D eigenvalue weighted by atomic mass is 79.9. The van der Waals surface area contributed by atoms with E-state index in [1.807, 2.05) is 0 Å². The largest absolute Gasteiger partial charge is 0.370 e. The summed E-state index contributed by atoms with van der Waals surface area (Å²) in [5.41, 5.74) is 4.96. The zero-order valence-electron chi connectivity index (χ0n) is 6.11.